The van der Waals surface area contributed by atoms with Crippen molar-refractivity contribution in [3.8, 4) is 5.69 Å². The van der Waals surface area contributed by atoms with E-state index in [4.69, 9.17) is 0 Å². The Kier molecular flexibility index (Phi) is 5.94. The van der Waals surface area contributed by atoms with E-state index in [2.05, 4.69) is 10.9 Å². The van der Waals surface area contributed by atoms with Gasteiger partial charge in [0.05, 0.1) is 5.56 Å². The molecule has 0 aliphatic rings. The molecule has 0 saturated carbocycles. The lowest BCUT2D eigenvalue weighted by molar-refractivity contribution is -0.121. The van der Waals surface area contributed by atoms with Gasteiger partial charge in [0.15, 0.2) is 0 Å². The quantitative estimate of drug-likeness (QED) is 0.667. The van der Waals surface area contributed by atoms with Crippen LogP contribution in [0.4, 0.5) is 0 Å². The minimum Gasteiger partial charge on any atom is -0.318 e. The predicted molar refractivity (Wildman–Crippen MR) is 110 cm³/mol. The maximum absolute atomic E-state index is 12.5. The van der Waals surface area contributed by atoms with Crippen molar-refractivity contribution in [2.24, 2.45) is 0 Å². The summed E-state index contributed by atoms with van der Waals surface area (Å²) >= 11 is 0. The number of rotatable bonds is 5. The van der Waals surface area contributed by atoms with Crippen LogP contribution in [-0.2, 0) is 11.2 Å². The van der Waals surface area contributed by atoms with E-state index >= 15 is 0 Å². The predicted octanol–water partition coefficient (Wildman–Crippen LogP) is 3.80. The summed E-state index contributed by atoms with van der Waals surface area (Å²) in [5.74, 6) is -0.537. The summed E-state index contributed by atoms with van der Waals surface area (Å²) in [4.78, 5) is 24.6. The van der Waals surface area contributed by atoms with E-state index in [0.717, 1.165) is 22.6 Å². The van der Waals surface area contributed by atoms with Crippen LogP contribution in [0, 0.1) is 20.8 Å². The van der Waals surface area contributed by atoms with Gasteiger partial charge in [-0.05, 0) is 51.0 Å². The first-order valence-corrected chi connectivity index (χ1v) is 9.35. The van der Waals surface area contributed by atoms with Gasteiger partial charge in [-0.2, -0.15) is 0 Å². The Morgan fingerprint density at radius 3 is 2.25 bits per heavy atom. The third-order valence-electron chi connectivity index (χ3n) is 4.77. The van der Waals surface area contributed by atoms with Gasteiger partial charge in [-0.25, -0.2) is 0 Å². The maximum atomic E-state index is 12.5. The number of aromatic nitrogens is 1. The van der Waals surface area contributed by atoms with Gasteiger partial charge < -0.3 is 4.57 Å². The van der Waals surface area contributed by atoms with Crippen LogP contribution in [-0.4, -0.2) is 16.4 Å². The Morgan fingerprint density at radius 1 is 0.893 bits per heavy atom. The van der Waals surface area contributed by atoms with Crippen molar-refractivity contribution in [3.63, 3.8) is 0 Å². The van der Waals surface area contributed by atoms with Crippen molar-refractivity contribution in [1.29, 1.82) is 0 Å². The van der Waals surface area contributed by atoms with Gasteiger partial charge in [0.25, 0.3) is 5.91 Å². The lowest BCUT2D eigenvalue weighted by atomic mass is 10.1. The fourth-order valence-corrected chi connectivity index (χ4v) is 3.24. The highest BCUT2D eigenvalue weighted by molar-refractivity contribution is 5.97. The molecule has 3 aromatic rings. The molecule has 2 aromatic carbocycles. The molecule has 0 radical (unpaired) electrons. The van der Waals surface area contributed by atoms with Gasteiger partial charge in [-0.1, -0.05) is 48.0 Å². The molecule has 0 aliphatic heterocycles. The first-order chi connectivity index (χ1) is 13.5. The molecule has 1 heterocycles. The van der Waals surface area contributed by atoms with E-state index in [0.29, 0.717) is 18.4 Å². The van der Waals surface area contributed by atoms with E-state index in [1.165, 1.54) is 5.56 Å². The molecule has 0 fully saturated rings. The zero-order valence-electron chi connectivity index (χ0n) is 16.5. The lowest BCUT2D eigenvalue weighted by Crippen LogP contribution is -2.41. The highest BCUT2D eigenvalue weighted by atomic mass is 16.2. The molecule has 2 amide bonds. The lowest BCUT2D eigenvalue weighted by Gasteiger charge is -2.10. The molecule has 144 valence electrons. The summed E-state index contributed by atoms with van der Waals surface area (Å²) in [6.07, 6.45) is 0.941. The Labute approximate surface area is 165 Å². The first-order valence-electron chi connectivity index (χ1n) is 9.35. The Morgan fingerprint density at radius 2 is 1.57 bits per heavy atom. The van der Waals surface area contributed by atoms with Crippen LogP contribution in [0.25, 0.3) is 5.69 Å². The molecule has 1 aromatic heterocycles. The van der Waals surface area contributed by atoms with Crippen LogP contribution in [0.3, 0.4) is 0 Å². The third kappa shape index (κ3) is 4.49. The number of benzene rings is 2. The molecule has 0 atom stereocenters. The van der Waals surface area contributed by atoms with E-state index in [1.807, 2.05) is 86.0 Å². The number of nitrogens with zero attached hydrogens (tertiary/aromatic N) is 1. The summed E-state index contributed by atoms with van der Waals surface area (Å²) in [6, 6.07) is 19.8. The normalized spacial score (nSPS) is 10.5. The Bertz CT molecular complexity index is 973. The number of hydrogen-bond donors (Lipinski definition) is 2. The minimum atomic E-state index is -0.320. The van der Waals surface area contributed by atoms with Crippen LogP contribution >= 0.6 is 0 Å². The molecule has 0 saturated heterocycles. The molecular weight excluding hydrogens is 350 g/mol. The van der Waals surface area contributed by atoms with E-state index in [1.54, 1.807) is 0 Å². The summed E-state index contributed by atoms with van der Waals surface area (Å²) in [5.41, 5.74) is 10.6. The highest BCUT2D eigenvalue weighted by Gasteiger charge is 2.17. The Hall–Kier alpha value is -3.34. The Balaban J connectivity index is 1.59. The van der Waals surface area contributed by atoms with E-state index in [-0.39, 0.29) is 11.8 Å². The second-order valence-corrected chi connectivity index (χ2v) is 6.94. The number of hydrazine groups is 1. The molecule has 0 spiro atoms. The van der Waals surface area contributed by atoms with Crippen LogP contribution < -0.4 is 10.9 Å². The highest BCUT2D eigenvalue weighted by Crippen LogP contribution is 2.20. The van der Waals surface area contributed by atoms with Crippen molar-refractivity contribution in [3.05, 3.63) is 88.7 Å². The molecule has 0 aliphatic carbocycles. The molecule has 0 unspecified atom stereocenters. The number of aryl methyl sites for hydroxylation is 3. The summed E-state index contributed by atoms with van der Waals surface area (Å²) < 4.78 is 2.02. The van der Waals surface area contributed by atoms with Crippen molar-refractivity contribution in [2.75, 3.05) is 0 Å². The maximum Gasteiger partial charge on any atom is 0.271 e. The summed E-state index contributed by atoms with van der Waals surface area (Å²) in [5, 5.41) is 0. The van der Waals surface area contributed by atoms with Crippen LogP contribution in [0.2, 0.25) is 0 Å². The number of para-hydroxylation sites is 1. The molecule has 3 rings (SSSR count). The van der Waals surface area contributed by atoms with Gasteiger partial charge in [0, 0.05) is 23.5 Å². The SMILES string of the molecule is Cc1ccc(CCC(=O)NNC(=O)c2cc(C)n(-c3ccccc3)c2C)cc1. The van der Waals surface area contributed by atoms with Gasteiger partial charge >= 0.3 is 0 Å². The third-order valence-corrected chi connectivity index (χ3v) is 4.77. The fourth-order valence-electron chi connectivity index (χ4n) is 3.24. The summed E-state index contributed by atoms with van der Waals surface area (Å²) in [7, 11) is 0. The number of carbonyl (C=O) groups is 2. The van der Waals surface area contributed by atoms with Crippen molar-refractivity contribution < 1.29 is 9.59 Å². The molecule has 0 bridgehead atoms. The second-order valence-electron chi connectivity index (χ2n) is 6.94. The van der Waals surface area contributed by atoms with Gasteiger partial charge in [0.1, 0.15) is 0 Å². The molecular formula is C23H25N3O2. The van der Waals surface area contributed by atoms with Gasteiger partial charge in [-0.3, -0.25) is 20.4 Å². The largest absolute Gasteiger partial charge is 0.318 e. The van der Waals surface area contributed by atoms with Crippen LogP contribution in [0.15, 0.2) is 60.7 Å². The molecule has 2 N–H and O–H groups in total. The molecule has 28 heavy (non-hydrogen) atoms. The van der Waals surface area contributed by atoms with Gasteiger partial charge in [0.2, 0.25) is 5.91 Å². The topological polar surface area (TPSA) is 63.1 Å². The van der Waals surface area contributed by atoms with Gasteiger partial charge in [-0.15, -0.1) is 0 Å². The van der Waals surface area contributed by atoms with Crippen LogP contribution in [0.5, 0.6) is 0 Å². The molecule has 5 heteroatoms. The monoisotopic (exact) mass is 375 g/mol. The number of hydrogen-bond acceptors (Lipinski definition) is 2. The number of nitrogens with one attached hydrogen (secondary N) is 2. The first kappa shape index (κ1) is 19.4. The average Bonchev–Trinajstić information content (AvgIpc) is 3.00. The number of amides is 2. The second kappa shape index (κ2) is 8.57. The summed E-state index contributed by atoms with van der Waals surface area (Å²) in [6.45, 7) is 5.88. The van der Waals surface area contributed by atoms with Crippen molar-refractivity contribution in [2.45, 2.75) is 33.6 Å². The standard InChI is InChI=1S/C23H25N3O2/c1-16-9-11-19(12-10-16)13-14-22(27)24-25-23(28)21-15-17(2)26(18(21)3)20-7-5-4-6-8-20/h4-12,15H,13-14H2,1-3H3,(H,24,27)(H,25,28). The average molecular weight is 375 g/mol. The fraction of sp³-hybridized carbons (Fsp3) is 0.217. The molecule has 5 nitrogen and oxygen atoms in total. The van der Waals surface area contributed by atoms with E-state index < -0.39 is 0 Å². The minimum absolute atomic E-state index is 0.217. The zero-order valence-corrected chi connectivity index (χ0v) is 16.5. The van der Waals surface area contributed by atoms with Crippen molar-refractivity contribution >= 4 is 11.8 Å². The van der Waals surface area contributed by atoms with Crippen molar-refractivity contribution in [1.82, 2.24) is 15.4 Å². The smallest absolute Gasteiger partial charge is 0.271 e. The van der Waals surface area contributed by atoms with Crippen LogP contribution in [0.1, 0.15) is 39.3 Å². The zero-order chi connectivity index (χ0) is 20.1. The number of carbonyl (C=O) groups excluding carboxylic acids is 2. The van der Waals surface area contributed by atoms with E-state index in [9.17, 15) is 9.59 Å².